The molecule has 2 aromatic rings. The number of fused-ring (bicyclic) bond motifs is 1. The van der Waals surface area contributed by atoms with E-state index < -0.39 is 0 Å². The number of thioether (sulfide) groups is 1. The number of aromatic nitrogens is 1. The average Bonchev–Trinajstić information content (AvgIpc) is 2.76. The van der Waals surface area contributed by atoms with Crippen LogP contribution < -0.4 is 5.32 Å². The lowest BCUT2D eigenvalue weighted by Gasteiger charge is -2.25. The Morgan fingerprint density at radius 1 is 1.44 bits per heavy atom. The maximum absolute atomic E-state index is 13.7. The second kappa shape index (κ2) is 4.90. The van der Waals surface area contributed by atoms with Gasteiger partial charge in [0, 0.05) is 21.7 Å². The van der Waals surface area contributed by atoms with Crippen LogP contribution in [0.25, 0.3) is 0 Å². The summed E-state index contributed by atoms with van der Waals surface area (Å²) < 4.78 is 13.7. The van der Waals surface area contributed by atoms with Crippen LogP contribution in [0.1, 0.15) is 22.9 Å². The van der Waals surface area contributed by atoms with Gasteiger partial charge in [-0.05, 0) is 25.0 Å². The molecule has 0 saturated carbocycles. The SMILES string of the molecule is Cc1cnc(NC2CCSc3c(F)cccc32)s1. The summed E-state index contributed by atoms with van der Waals surface area (Å²) in [5.41, 5.74) is 1.05. The van der Waals surface area contributed by atoms with Crippen molar-refractivity contribution in [1.29, 1.82) is 0 Å². The summed E-state index contributed by atoms with van der Waals surface area (Å²) in [4.78, 5) is 6.28. The van der Waals surface area contributed by atoms with Gasteiger partial charge in [-0.25, -0.2) is 9.37 Å². The first-order valence-corrected chi connectivity index (χ1v) is 7.64. The van der Waals surface area contributed by atoms with Gasteiger partial charge in [0.1, 0.15) is 5.82 Å². The van der Waals surface area contributed by atoms with E-state index in [0.717, 1.165) is 27.8 Å². The third kappa shape index (κ3) is 2.24. The minimum Gasteiger partial charge on any atom is -0.355 e. The maximum atomic E-state index is 13.7. The van der Waals surface area contributed by atoms with E-state index in [-0.39, 0.29) is 11.9 Å². The minimum absolute atomic E-state index is 0.112. The van der Waals surface area contributed by atoms with Gasteiger partial charge in [0.05, 0.1) is 6.04 Å². The second-order valence-electron chi connectivity index (χ2n) is 4.27. The van der Waals surface area contributed by atoms with Crippen molar-refractivity contribution in [3.05, 3.63) is 40.7 Å². The highest BCUT2D eigenvalue weighted by Gasteiger charge is 2.23. The Hall–Kier alpha value is -1.07. The predicted octanol–water partition coefficient (Wildman–Crippen LogP) is 4.24. The van der Waals surface area contributed by atoms with Crippen LogP contribution in [0.3, 0.4) is 0 Å². The van der Waals surface area contributed by atoms with Gasteiger partial charge >= 0.3 is 0 Å². The molecule has 0 amide bonds. The highest BCUT2D eigenvalue weighted by Crippen LogP contribution is 2.39. The van der Waals surface area contributed by atoms with Gasteiger partial charge in [-0.1, -0.05) is 12.1 Å². The lowest BCUT2D eigenvalue weighted by atomic mass is 10.0. The largest absolute Gasteiger partial charge is 0.355 e. The van der Waals surface area contributed by atoms with E-state index in [2.05, 4.69) is 10.3 Å². The third-order valence-electron chi connectivity index (χ3n) is 2.94. The Labute approximate surface area is 114 Å². The average molecular weight is 280 g/mol. The molecular formula is C13H13FN2S2. The third-order valence-corrected chi connectivity index (χ3v) is 4.95. The summed E-state index contributed by atoms with van der Waals surface area (Å²) in [6, 6.07) is 5.48. The molecule has 0 fully saturated rings. The summed E-state index contributed by atoms with van der Waals surface area (Å²) in [7, 11) is 0. The molecule has 0 radical (unpaired) electrons. The van der Waals surface area contributed by atoms with E-state index in [4.69, 9.17) is 0 Å². The molecule has 94 valence electrons. The Balaban J connectivity index is 1.89. The number of benzene rings is 1. The van der Waals surface area contributed by atoms with E-state index in [9.17, 15) is 4.39 Å². The molecule has 1 aromatic carbocycles. The van der Waals surface area contributed by atoms with Crippen LogP contribution in [0.5, 0.6) is 0 Å². The number of nitrogens with one attached hydrogen (secondary N) is 1. The molecule has 0 saturated heterocycles. The summed E-state index contributed by atoms with van der Waals surface area (Å²) in [5.74, 6) is 0.829. The topological polar surface area (TPSA) is 24.9 Å². The molecule has 2 heterocycles. The Bertz CT molecular complexity index is 568. The molecule has 0 spiro atoms. The monoisotopic (exact) mass is 280 g/mol. The number of hydrogen-bond acceptors (Lipinski definition) is 4. The molecule has 18 heavy (non-hydrogen) atoms. The fourth-order valence-corrected chi connectivity index (χ4v) is 3.96. The first-order valence-electron chi connectivity index (χ1n) is 5.84. The number of hydrogen-bond donors (Lipinski definition) is 1. The fourth-order valence-electron chi connectivity index (χ4n) is 2.11. The molecule has 0 aliphatic carbocycles. The van der Waals surface area contributed by atoms with Crippen LogP contribution >= 0.6 is 23.1 Å². The normalized spacial score (nSPS) is 18.4. The quantitative estimate of drug-likeness (QED) is 0.890. The molecule has 3 rings (SSSR count). The Kier molecular flexibility index (Phi) is 3.26. The van der Waals surface area contributed by atoms with Gasteiger partial charge in [0.25, 0.3) is 0 Å². The predicted molar refractivity (Wildman–Crippen MR) is 75.0 cm³/mol. The first-order chi connectivity index (χ1) is 8.74. The Morgan fingerprint density at radius 3 is 3.11 bits per heavy atom. The zero-order valence-electron chi connectivity index (χ0n) is 9.94. The van der Waals surface area contributed by atoms with Crippen molar-refractivity contribution in [2.75, 3.05) is 11.1 Å². The van der Waals surface area contributed by atoms with Crippen molar-refractivity contribution in [1.82, 2.24) is 4.98 Å². The van der Waals surface area contributed by atoms with Crippen molar-refractivity contribution in [2.24, 2.45) is 0 Å². The fraction of sp³-hybridized carbons (Fsp3) is 0.308. The van der Waals surface area contributed by atoms with Gasteiger partial charge in [0.2, 0.25) is 0 Å². The molecular weight excluding hydrogens is 267 g/mol. The number of halogens is 1. The van der Waals surface area contributed by atoms with Gasteiger partial charge in [-0.2, -0.15) is 0 Å². The molecule has 0 bridgehead atoms. The summed E-state index contributed by atoms with van der Waals surface area (Å²) >= 11 is 3.24. The molecule has 1 unspecified atom stereocenters. The van der Waals surface area contributed by atoms with E-state index in [0.29, 0.717) is 0 Å². The number of thiazole rings is 1. The first kappa shape index (κ1) is 12.0. The van der Waals surface area contributed by atoms with Crippen LogP contribution in [0.2, 0.25) is 0 Å². The Morgan fingerprint density at radius 2 is 2.33 bits per heavy atom. The number of rotatable bonds is 2. The molecule has 1 aliphatic rings. The van der Waals surface area contributed by atoms with E-state index in [1.54, 1.807) is 29.2 Å². The highest BCUT2D eigenvalue weighted by atomic mass is 32.2. The van der Waals surface area contributed by atoms with Crippen molar-refractivity contribution < 1.29 is 4.39 Å². The number of nitrogens with zero attached hydrogens (tertiary/aromatic N) is 1. The van der Waals surface area contributed by atoms with Gasteiger partial charge in [-0.3, -0.25) is 0 Å². The summed E-state index contributed by atoms with van der Waals surface area (Å²) in [5, 5.41) is 4.33. The van der Waals surface area contributed by atoms with Crippen molar-refractivity contribution in [3.8, 4) is 0 Å². The van der Waals surface area contributed by atoms with Crippen molar-refractivity contribution in [3.63, 3.8) is 0 Å². The summed E-state index contributed by atoms with van der Waals surface area (Å²) in [6.45, 7) is 2.03. The maximum Gasteiger partial charge on any atom is 0.183 e. The molecule has 1 aromatic heterocycles. The zero-order valence-corrected chi connectivity index (χ0v) is 11.6. The van der Waals surface area contributed by atoms with Crippen LogP contribution in [0.15, 0.2) is 29.3 Å². The van der Waals surface area contributed by atoms with Crippen molar-refractivity contribution >= 4 is 28.2 Å². The van der Waals surface area contributed by atoms with Gasteiger partial charge < -0.3 is 5.32 Å². The highest BCUT2D eigenvalue weighted by molar-refractivity contribution is 7.99. The van der Waals surface area contributed by atoms with Crippen LogP contribution in [-0.2, 0) is 0 Å². The zero-order chi connectivity index (χ0) is 12.5. The molecule has 1 atom stereocenters. The lowest BCUT2D eigenvalue weighted by Crippen LogP contribution is -2.16. The van der Waals surface area contributed by atoms with E-state index in [1.165, 1.54) is 10.9 Å². The number of anilines is 1. The second-order valence-corrected chi connectivity index (χ2v) is 6.61. The van der Waals surface area contributed by atoms with Gasteiger partial charge in [0.15, 0.2) is 5.13 Å². The molecule has 5 heteroatoms. The van der Waals surface area contributed by atoms with Crippen LogP contribution in [-0.4, -0.2) is 10.7 Å². The van der Waals surface area contributed by atoms with E-state index >= 15 is 0 Å². The molecule has 1 aliphatic heterocycles. The molecule has 1 N–H and O–H groups in total. The van der Waals surface area contributed by atoms with Crippen LogP contribution in [0, 0.1) is 12.7 Å². The summed E-state index contributed by atoms with van der Waals surface area (Å²) in [6.07, 6.45) is 2.86. The van der Waals surface area contributed by atoms with Gasteiger partial charge in [-0.15, -0.1) is 23.1 Å². The van der Waals surface area contributed by atoms with E-state index in [1.807, 2.05) is 19.2 Å². The van der Waals surface area contributed by atoms with Crippen molar-refractivity contribution in [2.45, 2.75) is 24.3 Å². The van der Waals surface area contributed by atoms with Crippen LogP contribution in [0.4, 0.5) is 9.52 Å². The molecule has 2 nitrogen and oxygen atoms in total. The standard InChI is InChI=1S/C13H13FN2S2/c1-8-7-15-13(18-8)16-11-5-6-17-12-9(11)3-2-4-10(12)14/h2-4,7,11H,5-6H2,1H3,(H,15,16). The smallest absolute Gasteiger partial charge is 0.183 e. The number of aryl methyl sites for hydroxylation is 1. The minimum atomic E-state index is -0.112. The lowest BCUT2D eigenvalue weighted by molar-refractivity contribution is 0.585.